The molecule has 1 aliphatic heterocycles. The van der Waals surface area contributed by atoms with Crippen molar-refractivity contribution in [3.8, 4) is 0 Å². The summed E-state index contributed by atoms with van der Waals surface area (Å²) in [5.74, 6) is -0.247. The molecule has 1 aromatic carbocycles. The van der Waals surface area contributed by atoms with Crippen molar-refractivity contribution in [2.24, 2.45) is 11.1 Å². The summed E-state index contributed by atoms with van der Waals surface area (Å²) in [6.45, 7) is 5.29. The molecule has 0 aromatic heterocycles. The number of nitrogens with zero attached hydrogens (tertiary/aromatic N) is 1. The summed E-state index contributed by atoms with van der Waals surface area (Å²) in [6, 6.07) is 7.84. The van der Waals surface area contributed by atoms with Gasteiger partial charge in [-0.2, -0.15) is 0 Å². The highest BCUT2D eigenvalue weighted by Crippen LogP contribution is 2.36. The molecule has 4 nitrogen and oxygen atoms in total. The second kappa shape index (κ2) is 5.21. The number of aliphatic hydroxyl groups is 1. The smallest absolute Gasteiger partial charge is 0.225 e. The average Bonchev–Trinajstić information content (AvgIpc) is 2.82. The summed E-state index contributed by atoms with van der Waals surface area (Å²) in [5, 5.41) is 10.1. The fourth-order valence-corrected chi connectivity index (χ4v) is 2.65. The van der Waals surface area contributed by atoms with E-state index in [4.69, 9.17) is 5.73 Å². The van der Waals surface area contributed by atoms with Crippen molar-refractivity contribution >= 4 is 11.6 Å². The number of rotatable bonds is 4. The number of primary amides is 1. The van der Waals surface area contributed by atoms with Crippen LogP contribution in [-0.2, 0) is 4.79 Å². The summed E-state index contributed by atoms with van der Waals surface area (Å²) in [6.07, 6.45) is 0.980. The van der Waals surface area contributed by atoms with Gasteiger partial charge in [-0.3, -0.25) is 4.79 Å². The van der Waals surface area contributed by atoms with E-state index < -0.39 is 11.5 Å². The minimum absolute atomic E-state index is 0.247. The van der Waals surface area contributed by atoms with E-state index in [9.17, 15) is 9.90 Å². The van der Waals surface area contributed by atoms with Crippen molar-refractivity contribution in [1.29, 1.82) is 0 Å². The first kappa shape index (κ1) is 13.9. The molecule has 19 heavy (non-hydrogen) atoms. The molecule has 1 aliphatic rings. The molecular formula is C15H22N2O2. The van der Waals surface area contributed by atoms with Gasteiger partial charge in [-0.05, 0) is 25.8 Å². The number of amides is 1. The van der Waals surface area contributed by atoms with Gasteiger partial charge in [0.1, 0.15) is 0 Å². The van der Waals surface area contributed by atoms with Crippen LogP contribution in [0.1, 0.15) is 38.4 Å². The van der Waals surface area contributed by atoms with Gasteiger partial charge in [0.05, 0.1) is 11.5 Å². The topological polar surface area (TPSA) is 66.6 Å². The van der Waals surface area contributed by atoms with Gasteiger partial charge in [-0.25, -0.2) is 0 Å². The molecule has 0 saturated carbocycles. The Labute approximate surface area is 114 Å². The van der Waals surface area contributed by atoms with Gasteiger partial charge in [-0.15, -0.1) is 0 Å². The second-order valence-corrected chi connectivity index (χ2v) is 5.58. The van der Waals surface area contributed by atoms with Crippen LogP contribution in [0.25, 0.3) is 0 Å². The van der Waals surface area contributed by atoms with Crippen LogP contribution in [0.5, 0.6) is 0 Å². The van der Waals surface area contributed by atoms with Crippen molar-refractivity contribution in [3.63, 3.8) is 0 Å². The number of hydrogen-bond acceptors (Lipinski definition) is 3. The van der Waals surface area contributed by atoms with Gasteiger partial charge in [0, 0.05) is 24.3 Å². The van der Waals surface area contributed by atoms with Crippen molar-refractivity contribution in [1.82, 2.24) is 0 Å². The Morgan fingerprint density at radius 1 is 1.53 bits per heavy atom. The Balaban J connectivity index is 2.27. The van der Waals surface area contributed by atoms with E-state index in [2.05, 4.69) is 4.90 Å². The molecule has 0 spiro atoms. The van der Waals surface area contributed by atoms with Crippen LogP contribution in [0, 0.1) is 5.41 Å². The normalized spacial score (nSPS) is 24.5. The number of benzene rings is 1. The number of para-hydroxylation sites is 1. The second-order valence-electron chi connectivity index (χ2n) is 5.58. The molecule has 3 N–H and O–H groups in total. The standard InChI is InChI=1S/C15H22N2O2/c1-3-13(18)11-6-4-5-7-12(11)17-9-8-15(2,10-17)14(16)19/h4-7,13,18H,3,8-10H2,1-2H3,(H2,16,19)/t13-,15?/m0/s1. The zero-order valence-corrected chi connectivity index (χ0v) is 11.6. The lowest BCUT2D eigenvalue weighted by Crippen LogP contribution is -2.37. The third-order valence-corrected chi connectivity index (χ3v) is 4.09. The van der Waals surface area contributed by atoms with Crippen LogP contribution < -0.4 is 10.6 Å². The van der Waals surface area contributed by atoms with Gasteiger partial charge in [0.15, 0.2) is 0 Å². The zero-order valence-electron chi connectivity index (χ0n) is 11.6. The monoisotopic (exact) mass is 262 g/mol. The molecule has 1 fully saturated rings. The summed E-state index contributed by atoms with van der Waals surface area (Å²) in [7, 11) is 0. The lowest BCUT2D eigenvalue weighted by molar-refractivity contribution is -0.125. The molecule has 0 bridgehead atoms. The van der Waals surface area contributed by atoms with E-state index in [1.807, 2.05) is 38.1 Å². The molecule has 1 heterocycles. The number of aliphatic hydroxyl groups excluding tert-OH is 1. The van der Waals surface area contributed by atoms with Gasteiger partial charge in [0.2, 0.25) is 5.91 Å². The van der Waals surface area contributed by atoms with Crippen LogP contribution >= 0.6 is 0 Å². The predicted octanol–water partition coefficient (Wildman–Crippen LogP) is 1.83. The Morgan fingerprint density at radius 3 is 2.79 bits per heavy atom. The molecule has 104 valence electrons. The van der Waals surface area contributed by atoms with Crippen LogP contribution in [0.4, 0.5) is 5.69 Å². The van der Waals surface area contributed by atoms with E-state index in [-0.39, 0.29) is 5.91 Å². The summed E-state index contributed by atoms with van der Waals surface area (Å²) >= 11 is 0. The molecule has 1 aromatic rings. The Kier molecular flexibility index (Phi) is 3.80. The zero-order chi connectivity index (χ0) is 14.0. The molecule has 2 rings (SSSR count). The number of carbonyl (C=O) groups is 1. The Morgan fingerprint density at radius 2 is 2.21 bits per heavy atom. The lowest BCUT2D eigenvalue weighted by Gasteiger charge is -2.26. The molecule has 2 atom stereocenters. The highest BCUT2D eigenvalue weighted by Gasteiger charge is 2.39. The lowest BCUT2D eigenvalue weighted by atomic mass is 9.89. The van der Waals surface area contributed by atoms with Crippen molar-refractivity contribution in [2.45, 2.75) is 32.8 Å². The maximum atomic E-state index is 11.5. The maximum absolute atomic E-state index is 11.5. The van der Waals surface area contributed by atoms with Gasteiger partial charge in [0.25, 0.3) is 0 Å². The molecule has 4 heteroatoms. The summed E-state index contributed by atoms with van der Waals surface area (Å²) in [5.41, 5.74) is 6.96. The predicted molar refractivity (Wildman–Crippen MR) is 75.8 cm³/mol. The molecule has 0 aliphatic carbocycles. The van der Waals surface area contributed by atoms with Crippen molar-refractivity contribution < 1.29 is 9.90 Å². The first-order valence-corrected chi connectivity index (χ1v) is 6.80. The van der Waals surface area contributed by atoms with E-state index in [0.717, 1.165) is 24.2 Å². The molecule has 1 amide bonds. The van der Waals surface area contributed by atoms with Crippen molar-refractivity contribution in [2.75, 3.05) is 18.0 Å². The summed E-state index contributed by atoms with van der Waals surface area (Å²) < 4.78 is 0. The fourth-order valence-electron chi connectivity index (χ4n) is 2.65. The quantitative estimate of drug-likeness (QED) is 0.870. The van der Waals surface area contributed by atoms with Crippen LogP contribution in [0.15, 0.2) is 24.3 Å². The minimum Gasteiger partial charge on any atom is -0.388 e. The molecular weight excluding hydrogens is 240 g/mol. The van der Waals surface area contributed by atoms with Crippen LogP contribution in [0.3, 0.4) is 0 Å². The third-order valence-electron chi connectivity index (χ3n) is 4.09. The van der Waals surface area contributed by atoms with Gasteiger partial charge < -0.3 is 15.7 Å². The van der Waals surface area contributed by atoms with E-state index >= 15 is 0 Å². The highest BCUT2D eigenvalue weighted by molar-refractivity contribution is 5.82. The third kappa shape index (κ3) is 2.59. The van der Waals surface area contributed by atoms with Gasteiger partial charge in [-0.1, -0.05) is 25.1 Å². The molecule has 0 radical (unpaired) electrons. The summed E-state index contributed by atoms with van der Waals surface area (Å²) in [4.78, 5) is 13.7. The number of carbonyl (C=O) groups excluding carboxylic acids is 1. The van der Waals surface area contributed by atoms with Crippen LogP contribution in [-0.4, -0.2) is 24.1 Å². The number of hydrogen-bond donors (Lipinski definition) is 2. The first-order valence-electron chi connectivity index (χ1n) is 6.80. The van der Waals surface area contributed by atoms with Crippen molar-refractivity contribution in [3.05, 3.63) is 29.8 Å². The largest absolute Gasteiger partial charge is 0.388 e. The number of nitrogens with two attached hydrogens (primary N) is 1. The van der Waals surface area contributed by atoms with Gasteiger partial charge >= 0.3 is 0 Å². The average molecular weight is 262 g/mol. The van der Waals surface area contributed by atoms with E-state index in [1.54, 1.807) is 0 Å². The maximum Gasteiger partial charge on any atom is 0.225 e. The first-order chi connectivity index (χ1) is 8.98. The molecule has 1 unspecified atom stereocenters. The molecule has 1 saturated heterocycles. The van der Waals surface area contributed by atoms with Crippen LogP contribution in [0.2, 0.25) is 0 Å². The van der Waals surface area contributed by atoms with E-state index in [1.165, 1.54) is 0 Å². The van der Waals surface area contributed by atoms with E-state index in [0.29, 0.717) is 13.0 Å². The minimum atomic E-state index is -0.468. The Bertz CT molecular complexity index is 475. The number of anilines is 1. The Hall–Kier alpha value is -1.55. The fraction of sp³-hybridized carbons (Fsp3) is 0.533. The SMILES string of the molecule is CC[C@H](O)c1ccccc1N1CCC(C)(C(N)=O)C1. The highest BCUT2D eigenvalue weighted by atomic mass is 16.3.